The fraction of sp³-hybridized carbons (Fsp3) is 0.143. The van der Waals surface area contributed by atoms with Gasteiger partial charge in [-0.3, -0.25) is 0 Å². The quantitative estimate of drug-likeness (QED) is 0.785. The first-order chi connectivity index (χ1) is 5.69. The summed E-state index contributed by atoms with van der Waals surface area (Å²) in [6.07, 6.45) is 0. The predicted molar refractivity (Wildman–Crippen MR) is 48.4 cm³/mol. The third-order valence-corrected chi connectivity index (χ3v) is 2.44. The molecule has 0 saturated carbocycles. The minimum Gasteiger partial charge on any atom is -0.246 e. The van der Waals surface area contributed by atoms with Crippen LogP contribution in [0.5, 0.6) is 0 Å². The second-order valence-corrected chi connectivity index (χ2v) is 3.10. The van der Waals surface area contributed by atoms with E-state index >= 15 is 0 Å². The summed E-state index contributed by atoms with van der Waals surface area (Å²) in [5, 5.41) is 0. The first kappa shape index (κ1) is 9.67. The maximum atomic E-state index is 12.9. The SMILES string of the molecule is FCc1cc(N=S)cc(F)c1Br. The van der Waals surface area contributed by atoms with E-state index in [0.29, 0.717) is 0 Å². The number of hydrogen-bond donors (Lipinski definition) is 0. The lowest BCUT2D eigenvalue weighted by atomic mass is 10.2. The summed E-state index contributed by atoms with van der Waals surface area (Å²) in [7, 11) is 0. The molecule has 12 heavy (non-hydrogen) atoms. The lowest BCUT2D eigenvalue weighted by molar-refractivity contribution is 0.480. The molecule has 0 unspecified atom stereocenters. The Morgan fingerprint density at radius 2 is 2.17 bits per heavy atom. The van der Waals surface area contributed by atoms with Crippen LogP contribution in [0.15, 0.2) is 21.0 Å². The number of alkyl halides is 1. The number of hydrogen-bond acceptors (Lipinski definition) is 2. The van der Waals surface area contributed by atoms with Crippen LogP contribution in [0.25, 0.3) is 0 Å². The first-order valence-electron chi connectivity index (χ1n) is 3.06. The molecule has 1 rings (SSSR count). The van der Waals surface area contributed by atoms with E-state index in [0.717, 1.165) is 6.07 Å². The Morgan fingerprint density at radius 1 is 1.50 bits per heavy atom. The van der Waals surface area contributed by atoms with Gasteiger partial charge in [0.1, 0.15) is 12.5 Å². The molecule has 0 aliphatic carbocycles. The highest BCUT2D eigenvalue weighted by Gasteiger charge is 2.07. The van der Waals surface area contributed by atoms with Crippen molar-refractivity contribution in [1.29, 1.82) is 0 Å². The second-order valence-electron chi connectivity index (χ2n) is 2.13. The Bertz CT molecular complexity index is 317. The van der Waals surface area contributed by atoms with Gasteiger partial charge in [-0.25, -0.2) is 8.78 Å². The van der Waals surface area contributed by atoms with Gasteiger partial charge in [-0.05, 0) is 22.0 Å². The van der Waals surface area contributed by atoms with Gasteiger partial charge >= 0.3 is 0 Å². The topological polar surface area (TPSA) is 12.4 Å². The normalized spacial score (nSPS) is 9.92. The molecule has 0 aliphatic heterocycles. The number of rotatable bonds is 2. The third kappa shape index (κ3) is 1.84. The largest absolute Gasteiger partial charge is 0.246 e. The minimum absolute atomic E-state index is 0.132. The maximum Gasteiger partial charge on any atom is 0.139 e. The van der Waals surface area contributed by atoms with Gasteiger partial charge in [0.05, 0.1) is 10.2 Å². The van der Waals surface area contributed by atoms with E-state index in [-0.39, 0.29) is 15.7 Å². The van der Waals surface area contributed by atoms with E-state index in [1.807, 2.05) is 0 Å². The van der Waals surface area contributed by atoms with Crippen molar-refractivity contribution >= 4 is 34.0 Å². The Morgan fingerprint density at radius 3 is 2.67 bits per heavy atom. The van der Waals surface area contributed by atoms with Crippen LogP contribution < -0.4 is 0 Å². The fourth-order valence-electron chi connectivity index (χ4n) is 0.780. The Hall–Kier alpha value is -0.420. The van der Waals surface area contributed by atoms with Gasteiger partial charge in [-0.15, -0.1) is 0 Å². The standard InChI is InChI=1S/C7H4BrF2NS/c8-7-4(3-9)1-5(11-12)2-6(7)10/h1-2H,3H2. The van der Waals surface area contributed by atoms with Crippen molar-refractivity contribution in [3.63, 3.8) is 0 Å². The van der Waals surface area contributed by atoms with Crippen molar-refractivity contribution in [2.24, 2.45) is 4.36 Å². The summed E-state index contributed by atoms with van der Waals surface area (Å²) in [5.74, 6) is -0.547. The monoisotopic (exact) mass is 251 g/mol. The molecule has 0 aromatic heterocycles. The minimum atomic E-state index is -0.740. The molecule has 5 heteroatoms. The Balaban J connectivity index is 3.28. The van der Waals surface area contributed by atoms with E-state index in [1.165, 1.54) is 6.07 Å². The van der Waals surface area contributed by atoms with E-state index in [2.05, 4.69) is 32.7 Å². The molecule has 0 fully saturated rings. The second kappa shape index (κ2) is 4.00. The fourth-order valence-corrected chi connectivity index (χ4v) is 1.22. The molecule has 0 saturated heterocycles. The lowest BCUT2D eigenvalue weighted by Gasteiger charge is -2.01. The predicted octanol–water partition coefficient (Wildman–Crippen LogP) is 3.42. The summed E-state index contributed by atoms with van der Waals surface area (Å²) in [6, 6.07) is 2.55. The van der Waals surface area contributed by atoms with Crippen LogP contribution in [-0.2, 0) is 19.1 Å². The summed E-state index contributed by atoms with van der Waals surface area (Å²) in [6.45, 7) is -0.740. The van der Waals surface area contributed by atoms with E-state index in [9.17, 15) is 8.78 Å². The number of halogens is 3. The van der Waals surface area contributed by atoms with Gasteiger partial charge < -0.3 is 0 Å². The van der Waals surface area contributed by atoms with E-state index in [1.54, 1.807) is 0 Å². The van der Waals surface area contributed by atoms with Crippen LogP contribution in [0.1, 0.15) is 5.56 Å². The van der Waals surface area contributed by atoms with Crippen molar-refractivity contribution < 1.29 is 8.78 Å². The molecular formula is C7H4BrF2NS. The van der Waals surface area contributed by atoms with Crippen molar-refractivity contribution in [2.75, 3.05) is 0 Å². The Labute approximate surface area is 82.1 Å². The van der Waals surface area contributed by atoms with Gasteiger partial charge in [0.25, 0.3) is 0 Å². The van der Waals surface area contributed by atoms with Crippen LogP contribution in [0, 0.1) is 5.82 Å². The van der Waals surface area contributed by atoms with E-state index < -0.39 is 12.5 Å². The van der Waals surface area contributed by atoms with Gasteiger partial charge in [0, 0.05) is 24.1 Å². The van der Waals surface area contributed by atoms with E-state index in [4.69, 9.17) is 0 Å². The molecular weight excluding hydrogens is 248 g/mol. The van der Waals surface area contributed by atoms with Crippen LogP contribution in [0.4, 0.5) is 14.5 Å². The highest BCUT2D eigenvalue weighted by Crippen LogP contribution is 2.26. The zero-order chi connectivity index (χ0) is 9.14. The van der Waals surface area contributed by atoms with Crippen LogP contribution in [-0.4, -0.2) is 0 Å². The highest BCUT2D eigenvalue weighted by molar-refractivity contribution is 9.10. The van der Waals surface area contributed by atoms with Crippen molar-refractivity contribution in [1.82, 2.24) is 0 Å². The summed E-state index contributed by atoms with van der Waals surface area (Å²) >= 11 is 7.26. The maximum absolute atomic E-state index is 12.9. The zero-order valence-electron chi connectivity index (χ0n) is 5.85. The summed E-state index contributed by atoms with van der Waals surface area (Å²) < 4.78 is 28.6. The lowest BCUT2D eigenvalue weighted by Crippen LogP contribution is -1.85. The molecule has 1 aromatic rings. The average molecular weight is 252 g/mol. The molecule has 0 atom stereocenters. The molecule has 64 valence electrons. The molecule has 0 heterocycles. The van der Waals surface area contributed by atoms with Crippen LogP contribution >= 0.6 is 15.9 Å². The highest BCUT2D eigenvalue weighted by atomic mass is 79.9. The molecule has 0 N–H and O–H groups in total. The molecule has 1 aromatic carbocycles. The van der Waals surface area contributed by atoms with Crippen LogP contribution in [0.2, 0.25) is 0 Å². The van der Waals surface area contributed by atoms with Gasteiger partial charge in [-0.1, -0.05) is 0 Å². The van der Waals surface area contributed by atoms with Crippen LogP contribution in [0.3, 0.4) is 0 Å². The number of nitrogens with zero attached hydrogens (tertiary/aromatic N) is 1. The molecule has 0 aliphatic rings. The number of benzene rings is 1. The van der Waals surface area contributed by atoms with Crippen molar-refractivity contribution in [3.8, 4) is 0 Å². The average Bonchev–Trinajstić information content (AvgIpc) is 2.09. The molecule has 0 bridgehead atoms. The van der Waals surface area contributed by atoms with Crippen molar-refractivity contribution in [2.45, 2.75) is 6.67 Å². The smallest absolute Gasteiger partial charge is 0.139 e. The first-order valence-corrected chi connectivity index (χ1v) is 4.22. The molecule has 1 nitrogen and oxygen atoms in total. The Kier molecular flexibility index (Phi) is 3.22. The molecule has 0 spiro atoms. The van der Waals surface area contributed by atoms with Gasteiger partial charge in [-0.2, -0.15) is 4.36 Å². The third-order valence-electron chi connectivity index (χ3n) is 1.34. The molecule has 0 radical (unpaired) electrons. The summed E-state index contributed by atoms with van der Waals surface area (Å²) in [5.41, 5.74) is 0.483. The zero-order valence-corrected chi connectivity index (χ0v) is 8.25. The van der Waals surface area contributed by atoms with Crippen molar-refractivity contribution in [3.05, 3.63) is 28.0 Å². The van der Waals surface area contributed by atoms with Gasteiger partial charge in [0.2, 0.25) is 0 Å². The summed E-state index contributed by atoms with van der Waals surface area (Å²) in [4.78, 5) is 0. The molecule has 0 amide bonds. The van der Waals surface area contributed by atoms with Gasteiger partial charge in [0.15, 0.2) is 0 Å².